The highest BCUT2D eigenvalue weighted by atomic mass is 16.5. The van der Waals surface area contributed by atoms with Crippen LogP contribution in [0.25, 0.3) is 0 Å². The van der Waals surface area contributed by atoms with Crippen LogP contribution >= 0.6 is 0 Å². The Hall–Kier alpha value is -2.28. The van der Waals surface area contributed by atoms with Crippen LogP contribution < -0.4 is 20.7 Å². The van der Waals surface area contributed by atoms with Crippen LogP contribution in [0.2, 0.25) is 0 Å². The van der Waals surface area contributed by atoms with Crippen LogP contribution in [0.3, 0.4) is 0 Å². The van der Waals surface area contributed by atoms with Crippen LogP contribution in [0.1, 0.15) is 60.8 Å². The minimum atomic E-state index is -0.271. The first-order valence-electron chi connectivity index (χ1n) is 12.0. The first kappa shape index (κ1) is 26.0. The van der Waals surface area contributed by atoms with E-state index < -0.39 is 0 Å². The average Bonchev–Trinajstić information content (AvgIpc) is 2.71. The summed E-state index contributed by atoms with van der Waals surface area (Å²) in [6.07, 6.45) is 3.72. The third kappa shape index (κ3) is 10.4. The van der Waals surface area contributed by atoms with Gasteiger partial charge in [0.1, 0.15) is 12.3 Å². The summed E-state index contributed by atoms with van der Waals surface area (Å²) >= 11 is 0. The van der Waals surface area contributed by atoms with Gasteiger partial charge in [0.25, 0.3) is 0 Å². The monoisotopic (exact) mass is 445 g/mol. The molecule has 7 nitrogen and oxygen atoms in total. The van der Waals surface area contributed by atoms with Crippen molar-refractivity contribution in [1.29, 1.82) is 0 Å². The number of guanidine groups is 1. The van der Waals surface area contributed by atoms with E-state index in [1.165, 1.54) is 25.8 Å². The van der Waals surface area contributed by atoms with E-state index >= 15 is 0 Å². The van der Waals surface area contributed by atoms with Crippen LogP contribution in [-0.4, -0.2) is 61.1 Å². The Bertz CT molecular complexity index is 717. The summed E-state index contributed by atoms with van der Waals surface area (Å²) in [4.78, 5) is 19.4. The van der Waals surface area contributed by atoms with Gasteiger partial charge in [-0.1, -0.05) is 6.92 Å². The molecule has 1 aliphatic rings. The Morgan fingerprint density at radius 3 is 2.41 bits per heavy atom. The van der Waals surface area contributed by atoms with Crippen molar-refractivity contribution in [3.05, 3.63) is 24.3 Å². The molecule has 0 aromatic heterocycles. The van der Waals surface area contributed by atoms with Crippen LogP contribution in [0.4, 0.5) is 5.69 Å². The summed E-state index contributed by atoms with van der Waals surface area (Å²) in [5.41, 5.74) is 0.633. The second kappa shape index (κ2) is 12.7. The molecule has 0 unspecified atom stereocenters. The Morgan fingerprint density at radius 1 is 1.19 bits per heavy atom. The van der Waals surface area contributed by atoms with E-state index in [9.17, 15) is 4.79 Å². The lowest BCUT2D eigenvalue weighted by Crippen LogP contribution is -2.43. The van der Waals surface area contributed by atoms with E-state index in [2.05, 4.69) is 32.8 Å². The van der Waals surface area contributed by atoms with Gasteiger partial charge in [-0.15, -0.1) is 0 Å². The molecule has 7 heteroatoms. The predicted octanol–water partition coefficient (Wildman–Crippen LogP) is 3.87. The second-order valence-corrected chi connectivity index (χ2v) is 9.94. The topological polar surface area (TPSA) is 78.0 Å². The minimum Gasteiger partial charge on any atom is -0.491 e. The molecule has 1 amide bonds. The fourth-order valence-electron chi connectivity index (χ4n) is 3.75. The number of anilines is 1. The molecular formula is C25H43N5O2. The van der Waals surface area contributed by atoms with Gasteiger partial charge in [-0.3, -0.25) is 4.79 Å². The maximum Gasteiger partial charge on any atom is 0.242 e. The number of hydrogen-bond donors (Lipinski definition) is 3. The number of hydrogen-bond acceptors (Lipinski definition) is 4. The van der Waals surface area contributed by atoms with Crippen LogP contribution in [0.15, 0.2) is 29.3 Å². The predicted molar refractivity (Wildman–Crippen MR) is 133 cm³/mol. The Labute approximate surface area is 194 Å². The van der Waals surface area contributed by atoms with E-state index in [-0.39, 0.29) is 24.1 Å². The molecule has 1 aromatic rings. The molecule has 0 saturated carbocycles. The number of nitrogens with one attached hydrogen (secondary N) is 3. The van der Waals surface area contributed by atoms with Crippen LogP contribution in [0.5, 0.6) is 5.75 Å². The van der Waals surface area contributed by atoms with Crippen molar-refractivity contribution in [3.8, 4) is 5.75 Å². The number of piperidine rings is 1. The molecule has 1 aromatic carbocycles. The van der Waals surface area contributed by atoms with Gasteiger partial charge < -0.3 is 25.6 Å². The number of carbonyl (C=O) groups is 1. The average molecular weight is 446 g/mol. The Balaban J connectivity index is 1.97. The molecule has 0 radical (unpaired) electrons. The highest BCUT2D eigenvalue weighted by Crippen LogP contribution is 2.18. The van der Waals surface area contributed by atoms with Crippen LogP contribution in [-0.2, 0) is 4.79 Å². The lowest BCUT2D eigenvalue weighted by atomic mass is 9.97. The summed E-state index contributed by atoms with van der Waals surface area (Å²) < 4.78 is 5.72. The van der Waals surface area contributed by atoms with Crippen molar-refractivity contribution in [3.63, 3.8) is 0 Å². The van der Waals surface area contributed by atoms with Crippen molar-refractivity contribution in [2.45, 2.75) is 72.4 Å². The van der Waals surface area contributed by atoms with Crippen molar-refractivity contribution in [1.82, 2.24) is 15.5 Å². The number of rotatable bonds is 9. The maximum absolute atomic E-state index is 12.3. The molecule has 180 valence electrons. The van der Waals surface area contributed by atoms with Gasteiger partial charge in [-0.25, -0.2) is 4.99 Å². The third-order valence-corrected chi connectivity index (χ3v) is 5.19. The van der Waals surface area contributed by atoms with Gasteiger partial charge in [0, 0.05) is 17.8 Å². The zero-order valence-electron chi connectivity index (χ0n) is 20.8. The largest absolute Gasteiger partial charge is 0.491 e. The summed E-state index contributed by atoms with van der Waals surface area (Å²) in [7, 11) is 0. The number of aliphatic imine (C=N–C) groups is 1. The molecule has 32 heavy (non-hydrogen) atoms. The Morgan fingerprint density at radius 2 is 1.84 bits per heavy atom. The smallest absolute Gasteiger partial charge is 0.242 e. The number of carbonyl (C=O) groups excluding carboxylic acids is 1. The standard InChI is InChI=1S/C25H43N5O2/c1-7-14-30-15-12-20(13-16-30)17-26-24(27-18-23(31)29-25(4,5)6)28-21-8-10-22(11-9-21)32-19(2)3/h8-11,19-20H,7,12-18H2,1-6H3,(H,29,31)(H2,26,27,28). The number of nitrogens with zero attached hydrogens (tertiary/aromatic N) is 2. The second-order valence-electron chi connectivity index (χ2n) is 9.94. The first-order valence-corrected chi connectivity index (χ1v) is 12.0. The number of benzene rings is 1. The molecule has 0 atom stereocenters. The van der Waals surface area contributed by atoms with Crippen molar-refractivity contribution < 1.29 is 9.53 Å². The molecule has 3 N–H and O–H groups in total. The maximum atomic E-state index is 12.3. The lowest BCUT2D eigenvalue weighted by molar-refractivity contribution is -0.121. The molecule has 0 aliphatic carbocycles. The van der Waals surface area contributed by atoms with Gasteiger partial charge in [0.15, 0.2) is 5.96 Å². The van der Waals surface area contributed by atoms with E-state index in [1.807, 2.05) is 58.9 Å². The normalized spacial score (nSPS) is 16.2. The van der Waals surface area contributed by atoms with E-state index in [1.54, 1.807) is 0 Å². The van der Waals surface area contributed by atoms with Gasteiger partial charge in [-0.2, -0.15) is 0 Å². The van der Waals surface area contributed by atoms with Gasteiger partial charge in [0.2, 0.25) is 5.91 Å². The first-order chi connectivity index (χ1) is 15.1. The van der Waals surface area contributed by atoms with Gasteiger partial charge >= 0.3 is 0 Å². The zero-order chi connectivity index (χ0) is 23.6. The molecular weight excluding hydrogens is 402 g/mol. The molecule has 0 bridgehead atoms. The summed E-state index contributed by atoms with van der Waals surface area (Å²) in [5, 5.41) is 9.76. The van der Waals surface area contributed by atoms with E-state index in [0.29, 0.717) is 11.9 Å². The van der Waals surface area contributed by atoms with Crippen LogP contribution in [0, 0.1) is 5.92 Å². The van der Waals surface area contributed by atoms with Crippen molar-refractivity contribution in [2.75, 3.05) is 38.0 Å². The number of ether oxygens (including phenoxy) is 1. The quantitative estimate of drug-likeness (QED) is 0.397. The molecule has 1 heterocycles. The fraction of sp³-hybridized carbons (Fsp3) is 0.680. The molecule has 1 aliphatic heterocycles. The fourth-order valence-corrected chi connectivity index (χ4v) is 3.75. The SMILES string of the molecule is CCCN1CCC(CNC(=NCC(=O)NC(C)(C)C)Nc2ccc(OC(C)C)cc2)CC1. The number of amides is 1. The highest BCUT2D eigenvalue weighted by Gasteiger charge is 2.19. The van der Waals surface area contributed by atoms with E-state index in [4.69, 9.17) is 4.74 Å². The molecule has 1 saturated heterocycles. The highest BCUT2D eigenvalue weighted by molar-refractivity contribution is 5.95. The van der Waals surface area contributed by atoms with Crippen molar-refractivity contribution >= 4 is 17.6 Å². The summed E-state index contributed by atoms with van der Waals surface area (Å²) in [5.74, 6) is 1.98. The van der Waals surface area contributed by atoms with Crippen molar-refractivity contribution in [2.24, 2.45) is 10.9 Å². The molecule has 0 spiro atoms. The Kier molecular flexibility index (Phi) is 10.3. The van der Waals surface area contributed by atoms with E-state index in [0.717, 1.165) is 31.1 Å². The summed E-state index contributed by atoms with van der Waals surface area (Å²) in [6, 6.07) is 7.81. The number of likely N-dealkylation sites (tertiary alicyclic amines) is 1. The minimum absolute atomic E-state index is 0.0795. The third-order valence-electron chi connectivity index (χ3n) is 5.19. The lowest BCUT2D eigenvalue weighted by Gasteiger charge is -2.32. The molecule has 1 fully saturated rings. The summed E-state index contributed by atoms with van der Waals surface area (Å²) in [6.45, 7) is 16.6. The van der Waals surface area contributed by atoms with Gasteiger partial charge in [0.05, 0.1) is 6.10 Å². The molecule has 2 rings (SSSR count). The zero-order valence-corrected chi connectivity index (χ0v) is 20.8. The van der Waals surface area contributed by atoms with Gasteiger partial charge in [-0.05, 0) is 104 Å².